The number of aryl methyl sites for hydroxylation is 1. The summed E-state index contributed by atoms with van der Waals surface area (Å²) in [5.41, 5.74) is 2.01. The summed E-state index contributed by atoms with van der Waals surface area (Å²) in [5.74, 6) is 0.794. The second-order valence-corrected chi connectivity index (χ2v) is 6.63. The average molecular weight is 274 g/mol. The van der Waals surface area contributed by atoms with E-state index in [1.807, 2.05) is 19.1 Å². The molecular formula is C15H14O3S. The van der Waals surface area contributed by atoms with E-state index in [0.29, 0.717) is 16.4 Å². The van der Waals surface area contributed by atoms with Gasteiger partial charge in [0.15, 0.2) is 0 Å². The molecule has 3 nitrogen and oxygen atoms in total. The molecule has 1 heterocycles. The third-order valence-electron chi connectivity index (χ3n) is 3.30. The van der Waals surface area contributed by atoms with Crippen LogP contribution in [-0.4, -0.2) is 15.0 Å². The van der Waals surface area contributed by atoms with Crippen LogP contribution in [-0.2, 0) is 16.3 Å². The molecule has 0 amide bonds. The molecule has 1 aliphatic rings. The van der Waals surface area contributed by atoms with Gasteiger partial charge in [-0.25, -0.2) is 8.42 Å². The Morgan fingerprint density at radius 3 is 2.42 bits per heavy atom. The van der Waals surface area contributed by atoms with Crippen LogP contribution in [0.4, 0.5) is 0 Å². The Morgan fingerprint density at radius 2 is 1.68 bits per heavy atom. The molecule has 0 N–H and O–H groups in total. The monoisotopic (exact) mass is 274 g/mol. The summed E-state index contributed by atoms with van der Waals surface area (Å²) in [6.07, 6.45) is 0.770. The lowest BCUT2D eigenvalue weighted by molar-refractivity contribution is 0.356. The van der Waals surface area contributed by atoms with Crippen molar-refractivity contribution in [2.75, 3.05) is 6.61 Å². The molecule has 0 unspecified atom stereocenters. The highest BCUT2D eigenvalue weighted by Gasteiger charge is 2.21. The molecule has 0 radical (unpaired) electrons. The van der Waals surface area contributed by atoms with Crippen LogP contribution in [0.2, 0.25) is 0 Å². The quantitative estimate of drug-likeness (QED) is 0.845. The van der Waals surface area contributed by atoms with Crippen LogP contribution in [0, 0.1) is 6.92 Å². The molecule has 0 aliphatic carbocycles. The van der Waals surface area contributed by atoms with Gasteiger partial charge in [-0.2, -0.15) is 0 Å². The van der Waals surface area contributed by atoms with Crippen molar-refractivity contribution in [2.24, 2.45) is 0 Å². The van der Waals surface area contributed by atoms with Crippen molar-refractivity contribution in [3.63, 3.8) is 0 Å². The van der Waals surface area contributed by atoms with Gasteiger partial charge < -0.3 is 4.74 Å². The minimum atomic E-state index is -3.43. The van der Waals surface area contributed by atoms with Crippen LogP contribution in [0.5, 0.6) is 5.75 Å². The lowest BCUT2D eigenvalue weighted by Gasteiger charge is -2.06. The maximum atomic E-state index is 12.5. The summed E-state index contributed by atoms with van der Waals surface area (Å²) in [7, 11) is -3.43. The molecule has 19 heavy (non-hydrogen) atoms. The molecule has 2 aromatic carbocycles. The van der Waals surface area contributed by atoms with Gasteiger partial charge in [-0.3, -0.25) is 0 Å². The van der Waals surface area contributed by atoms with E-state index in [0.717, 1.165) is 23.3 Å². The molecular weight excluding hydrogens is 260 g/mol. The van der Waals surface area contributed by atoms with Crippen molar-refractivity contribution in [1.82, 2.24) is 0 Å². The molecule has 0 saturated carbocycles. The van der Waals surface area contributed by atoms with Crippen LogP contribution in [0.15, 0.2) is 52.3 Å². The number of benzene rings is 2. The summed E-state index contributed by atoms with van der Waals surface area (Å²) in [6, 6.07) is 12.0. The fourth-order valence-electron chi connectivity index (χ4n) is 2.18. The first-order valence-electron chi connectivity index (χ1n) is 6.15. The Kier molecular flexibility index (Phi) is 2.82. The lowest BCUT2D eigenvalue weighted by atomic mass is 10.2. The van der Waals surface area contributed by atoms with Crippen LogP contribution in [0.25, 0.3) is 0 Å². The first-order chi connectivity index (χ1) is 9.07. The molecule has 0 saturated heterocycles. The molecule has 3 rings (SSSR count). The van der Waals surface area contributed by atoms with E-state index in [1.165, 1.54) is 0 Å². The number of rotatable bonds is 2. The Balaban J connectivity index is 2.07. The van der Waals surface area contributed by atoms with E-state index >= 15 is 0 Å². The van der Waals surface area contributed by atoms with E-state index < -0.39 is 9.84 Å². The van der Waals surface area contributed by atoms with Crippen molar-refractivity contribution in [1.29, 1.82) is 0 Å². The Morgan fingerprint density at radius 1 is 1.00 bits per heavy atom. The van der Waals surface area contributed by atoms with Gasteiger partial charge >= 0.3 is 0 Å². The predicted molar refractivity (Wildman–Crippen MR) is 72.3 cm³/mol. The van der Waals surface area contributed by atoms with Crippen molar-refractivity contribution in [2.45, 2.75) is 23.1 Å². The molecule has 0 spiro atoms. The zero-order valence-electron chi connectivity index (χ0n) is 10.6. The molecule has 2 aromatic rings. The highest BCUT2D eigenvalue weighted by molar-refractivity contribution is 7.91. The molecule has 0 atom stereocenters. The number of fused-ring (bicyclic) bond motifs is 1. The van der Waals surface area contributed by atoms with Crippen molar-refractivity contribution in [3.8, 4) is 5.75 Å². The third kappa shape index (κ3) is 2.12. The first kappa shape index (κ1) is 12.2. The second kappa shape index (κ2) is 4.38. The van der Waals surface area contributed by atoms with Gasteiger partial charge in [0.1, 0.15) is 5.75 Å². The summed E-state index contributed by atoms with van der Waals surface area (Å²) in [5, 5.41) is 0. The third-order valence-corrected chi connectivity index (χ3v) is 5.07. The molecule has 0 aromatic heterocycles. The summed E-state index contributed by atoms with van der Waals surface area (Å²) in [6.45, 7) is 2.56. The number of sulfone groups is 1. The fourth-order valence-corrected chi connectivity index (χ4v) is 3.49. The van der Waals surface area contributed by atoms with E-state index in [2.05, 4.69) is 0 Å². The smallest absolute Gasteiger partial charge is 0.206 e. The fraction of sp³-hybridized carbons (Fsp3) is 0.200. The largest absolute Gasteiger partial charge is 0.493 e. The topological polar surface area (TPSA) is 43.4 Å². The van der Waals surface area contributed by atoms with Gasteiger partial charge in [0.25, 0.3) is 0 Å². The normalized spacial score (nSPS) is 13.9. The zero-order valence-corrected chi connectivity index (χ0v) is 11.4. The molecule has 1 aliphatic heterocycles. The summed E-state index contributed by atoms with van der Waals surface area (Å²) >= 11 is 0. The SMILES string of the molecule is Cc1ccc(S(=O)(=O)c2ccc3c(c2)CCO3)cc1. The van der Waals surface area contributed by atoms with Crippen LogP contribution in [0.1, 0.15) is 11.1 Å². The Labute approximate surface area is 112 Å². The minimum Gasteiger partial charge on any atom is -0.493 e. The van der Waals surface area contributed by atoms with Gasteiger partial charge in [-0.15, -0.1) is 0 Å². The minimum absolute atomic E-state index is 0.331. The summed E-state index contributed by atoms with van der Waals surface area (Å²) in [4.78, 5) is 0.664. The van der Waals surface area contributed by atoms with E-state index in [9.17, 15) is 8.42 Å². The van der Waals surface area contributed by atoms with Gasteiger partial charge in [0, 0.05) is 6.42 Å². The van der Waals surface area contributed by atoms with Crippen LogP contribution < -0.4 is 4.74 Å². The standard InChI is InChI=1S/C15H14O3S/c1-11-2-4-13(5-3-11)19(16,17)14-6-7-15-12(10-14)8-9-18-15/h2-7,10H,8-9H2,1H3. The van der Waals surface area contributed by atoms with Crippen molar-refractivity contribution >= 4 is 9.84 Å². The first-order valence-corrected chi connectivity index (χ1v) is 7.63. The van der Waals surface area contributed by atoms with Gasteiger partial charge in [-0.05, 0) is 42.8 Å². The highest BCUT2D eigenvalue weighted by atomic mass is 32.2. The van der Waals surface area contributed by atoms with Gasteiger partial charge in [-0.1, -0.05) is 17.7 Å². The van der Waals surface area contributed by atoms with Crippen LogP contribution >= 0.6 is 0 Å². The van der Waals surface area contributed by atoms with Gasteiger partial charge in [0.2, 0.25) is 9.84 Å². The predicted octanol–water partition coefficient (Wildman–Crippen LogP) is 2.76. The van der Waals surface area contributed by atoms with Gasteiger partial charge in [0.05, 0.1) is 16.4 Å². The molecule has 0 fully saturated rings. The molecule has 4 heteroatoms. The van der Waals surface area contributed by atoms with E-state index in [1.54, 1.807) is 30.3 Å². The number of hydrogen-bond donors (Lipinski definition) is 0. The second-order valence-electron chi connectivity index (χ2n) is 4.68. The summed E-state index contributed by atoms with van der Waals surface area (Å²) < 4.78 is 30.4. The Hall–Kier alpha value is -1.81. The molecule has 98 valence electrons. The van der Waals surface area contributed by atoms with E-state index in [-0.39, 0.29) is 0 Å². The highest BCUT2D eigenvalue weighted by Crippen LogP contribution is 2.30. The number of ether oxygens (including phenoxy) is 1. The Bertz CT molecular complexity index is 716. The lowest BCUT2D eigenvalue weighted by Crippen LogP contribution is -2.02. The molecule has 0 bridgehead atoms. The maximum absolute atomic E-state index is 12.5. The average Bonchev–Trinajstić information content (AvgIpc) is 2.86. The zero-order chi connectivity index (χ0) is 13.5. The number of hydrogen-bond acceptors (Lipinski definition) is 3. The van der Waals surface area contributed by atoms with Crippen molar-refractivity contribution < 1.29 is 13.2 Å². The van der Waals surface area contributed by atoms with E-state index in [4.69, 9.17) is 4.74 Å². The maximum Gasteiger partial charge on any atom is 0.206 e. The van der Waals surface area contributed by atoms with Crippen molar-refractivity contribution in [3.05, 3.63) is 53.6 Å². The van der Waals surface area contributed by atoms with Crippen LogP contribution in [0.3, 0.4) is 0 Å².